The molecule has 1 rings (SSSR count). The molecule has 1 aromatic rings. The number of rotatable bonds is 8. The molecule has 24 heavy (non-hydrogen) atoms. The monoisotopic (exact) mass is 334 g/mol. The van der Waals surface area contributed by atoms with E-state index in [-0.39, 0.29) is 16.5 Å². The summed E-state index contributed by atoms with van der Waals surface area (Å²) < 4.78 is 0. The maximum atomic E-state index is 11.6. The molecule has 0 spiro atoms. The Kier molecular flexibility index (Phi) is 7.00. The molecule has 0 amide bonds. The van der Waals surface area contributed by atoms with Crippen molar-refractivity contribution < 1.29 is 19.8 Å². The molecule has 0 aromatic heterocycles. The number of carboxylic acid groups (broad SMARTS) is 2. The molecule has 0 aliphatic carbocycles. The lowest BCUT2D eigenvalue weighted by Crippen LogP contribution is -2.15. The third-order valence-corrected chi connectivity index (χ3v) is 4.22. The van der Waals surface area contributed by atoms with Gasteiger partial charge in [0, 0.05) is 0 Å². The van der Waals surface area contributed by atoms with Crippen molar-refractivity contribution in [1.29, 1.82) is 0 Å². The second-order valence-corrected chi connectivity index (χ2v) is 7.89. The summed E-state index contributed by atoms with van der Waals surface area (Å²) in [4.78, 5) is 23.0. The van der Waals surface area contributed by atoms with Crippen molar-refractivity contribution in [3.8, 4) is 0 Å². The van der Waals surface area contributed by atoms with Crippen molar-refractivity contribution in [2.45, 2.75) is 66.7 Å². The number of aromatic carboxylic acids is 2. The summed E-state index contributed by atoms with van der Waals surface area (Å²) >= 11 is 0. The number of hydrogen-bond acceptors (Lipinski definition) is 2. The molecular formula is C20H30O4. The van der Waals surface area contributed by atoms with Crippen molar-refractivity contribution in [2.75, 3.05) is 0 Å². The standard InChI is InChI=1S/C20H30O4/c1-6-7-15-14(9-8-13(2)12-20(3,4)5)10-11-16(18(21)22)17(15)19(23)24/h10-11,13H,6-9,12H2,1-5H3,(H,21,22)(H,23,24). The molecule has 1 atom stereocenters. The molecule has 0 aliphatic heterocycles. The van der Waals surface area contributed by atoms with Crippen molar-refractivity contribution >= 4 is 11.9 Å². The molecule has 0 radical (unpaired) electrons. The van der Waals surface area contributed by atoms with Crippen molar-refractivity contribution in [2.24, 2.45) is 11.3 Å². The van der Waals surface area contributed by atoms with Gasteiger partial charge in [-0.1, -0.05) is 47.1 Å². The number of aryl methyl sites for hydroxylation is 1. The van der Waals surface area contributed by atoms with Gasteiger partial charge in [-0.05, 0) is 54.2 Å². The molecule has 2 N–H and O–H groups in total. The number of carbonyl (C=O) groups is 2. The van der Waals surface area contributed by atoms with E-state index < -0.39 is 11.9 Å². The minimum atomic E-state index is -1.18. The Labute approximate surface area is 144 Å². The van der Waals surface area contributed by atoms with Gasteiger partial charge in [0.25, 0.3) is 0 Å². The van der Waals surface area contributed by atoms with Gasteiger partial charge in [-0.2, -0.15) is 0 Å². The molecule has 0 fully saturated rings. The van der Waals surface area contributed by atoms with Gasteiger partial charge < -0.3 is 10.2 Å². The van der Waals surface area contributed by atoms with E-state index >= 15 is 0 Å². The minimum absolute atomic E-state index is 0.0367. The van der Waals surface area contributed by atoms with Gasteiger partial charge in [0.05, 0.1) is 11.1 Å². The fraction of sp³-hybridized carbons (Fsp3) is 0.600. The van der Waals surface area contributed by atoms with E-state index in [1.54, 1.807) is 6.07 Å². The smallest absolute Gasteiger partial charge is 0.336 e. The van der Waals surface area contributed by atoms with Crippen molar-refractivity contribution in [1.82, 2.24) is 0 Å². The van der Waals surface area contributed by atoms with E-state index in [0.717, 1.165) is 31.2 Å². The topological polar surface area (TPSA) is 74.6 Å². The highest BCUT2D eigenvalue weighted by molar-refractivity contribution is 6.03. The summed E-state index contributed by atoms with van der Waals surface area (Å²) in [6, 6.07) is 3.24. The molecular weight excluding hydrogens is 304 g/mol. The van der Waals surface area contributed by atoms with Gasteiger partial charge in [-0.25, -0.2) is 9.59 Å². The zero-order chi connectivity index (χ0) is 18.5. The van der Waals surface area contributed by atoms with E-state index in [1.165, 1.54) is 6.07 Å². The first-order chi connectivity index (χ1) is 11.1. The van der Waals surface area contributed by atoms with Gasteiger partial charge in [-0.15, -0.1) is 0 Å². The Morgan fingerprint density at radius 1 is 1.08 bits per heavy atom. The second-order valence-electron chi connectivity index (χ2n) is 7.89. The average Bonchev–Trinajstić information content (AvgIpc) is 2.43. The van der Waals surface area contributed by atoms with Crippen LogP contribution in [0, 0.1) is 11.3 Å². The molecule has 0 saturated carbocycles. The Hall–Kier alpha value is -1.84. The summed E-state index contributed by atoms with van der Waals surface area (Å²) in [6.07, 6.45) is 4.24. The van der Waals surface area contributed by atoms with Crippen LogP contribution >= 0.6 is 0 Å². The van der Waals surface area contributed by atoms with Crippen LogP contribution in [0.4, 0.5) is 0 Å². The highest BCUT2D eigenvalue weighted by atomic mass is 16.4. The third kappa shape index (κ3) is 5.66. The van der Waals surface area contributed by atoms with Gasteiger partial charge >= 0.3 is 11.9 Å². The van der Waals surface area contributed by atoms with Crippen molar-refractivity contribution in [3.63, 3.8) is 0 Å². The zero-order valence-corrected chi connectivity index (χ0v) is 15.5. The zero-order valence-electron chi connectivity index (χ0n) is 15.5. The lowest BCUT2D eigenvalue weighted by atomic mass is 9.82. The van der Waals surface area contributed by atoms with Crippen LogP contribution in [-0.2, 0) is 12.8 Å². The molecule has 0 aliphatic rings. The van der Waals surface area contributed by atoms with E-state index in [9.17, 15) is 19.8 Å². The minimum Gasteiger partial charge on any atom is -0.478 e. The average molecular weight is 334 g/mol. The summed E-state index contributed by atoms with van der Waals surface area (Å²) in [5.41, 5.74) is 1.78. The predicted molar refractivity (Wildman–Crippen MR) is 95.9 cm³/mol. The first kappa shape index (κ1) is 20.2. The van der Waals surface area contributed by atoms with E-state index in [4.69, 9.17) is 0 Å². The van der Waals surface area contributed by atoms with Gasteiger partial charge in [0.1, 0.15) is 0 Å². The summed E-state index contributed by atoms with van der Waals surface area (Å²) in [7, 11) is 0. The van der Waals surface area contributed by atoms with Crippen LogP contribution in [0.25, 0.3) is 0 Å². The SMILES string of the molecule is CCCc1c(CCC(C)CC(C)(C)C)ccc(C(=O)O)c1C(=O)O. The molecule has 4 nitrogen and oxygen atoms in total. The maximum absolute atomic E-state index is 11.6. The van der Waals surface area contributed by atoms with E-state index in [1.807, 2.05) is 6.92 Å². The molecule has 1 unspecified atom stereocenters. The van der Waals surface area contributed by atoms with Crippen LogP contribution in [0.3, 0.4) is 0 Å². The van der Waals surface area contributed by atoms with Crippen LogP contribution in [0.5, 0.6) is 0 Å². The fourth-order valence-electron chi connectivity index (χ4n) is 3.43. The Balaban J connectivity index is 3.12. The fourth-order valence-corrected chi connectivity index (χ4v) is 3.43. The molecule has 1 aromatic carbocycles. The van der Waals surface area contributed by atoms with Crippen LogP contribution in [-0.4, -0.2) is 22.2 Å². The van der Waals surface area contributed by atoms with Gasteiger partial charge in [0.15, 0.2) is 0 Å². The van der Waals surface area contributed by atoms with E-state index in [0.29, 0.717) is 17.9 Å². The Morgan fingerprint density at radius 3 is 2.17 bits per heavy atom. The van der Waals surface area contributed by atoms with Gasteiger partial charge in [0.2, 0.25) is 0 Å². The quantitative estimate of drug-likeness (QED) is 0.698. The first-order valence-electron chi connectivity index (χ1n) is 8.68. The summed E-state index contributed by atoms with van der Waals surface area (Å²) in [6.45, 7) is 10.8. The first-order valence-corrected chi connectivity index (χ1v) is 8.68. The Morgan fingerprint density at radius 2 is 1.71 bits per heavy atom. The number of benzene rings is 1. The lowest BCUT2D eigenvalue weighted by molar-refractivity contribution is 0.0650. The van der Waals surface area contributed by atoms with Crippen LogP contribution in [0.15, 0.2) is 12.1 Å². The number of hydrogen-bond donors (Lipinski definition) is 2. The lowest BCUT2D eigenvalue weighted by Gasteiger charge is -2.23. The van der Waals surface area contributed by atoms with Crippen LogP contribution in [0.2, 0.25) is 0 Å². The Bertz CT molecular complexity index is 596. The molecule has 0 bridgehead atoms. The molecule has 134 valence electrons. The maximum Gasteiger partial charge on any atom is 0.336 e. The largest absolute Gasteiger partial charge is 0.478 e. The number of carboxylic acids is 2. The van der Waals surface area contributed by atoms with Crippen molar-refractivity contribution in [3.05, 3.63) is 34.4 Å². The second kappa shape index (κ2) is 8.32. The predicted octanol–water partition coefficient (Wildman–Crippen LogP) is 5.04. The van der Waals surface area contributed by atoms with Crippen LogP contribution in [0.1, 0.15) is 85.7 Å². The van der Waals surface area contributed by atoms with E-state index in [2.05, 4.69) is 27.7 Å². The molecule has 4 heteroatoms. The highest BCUT2D eigenvalue weighted by Crippen LogP contribution is 2.29. The van der Waals surface area contributed by atoms with Gasteiger partial charge in [-0.3, -0.25) is 0 Å². The molecule has 0 heterocycles. The third-order valence-electron chi connectivity index (χ3n) is 4.22. The highest BCUT2D eigenvalue weighted by Gasteiger charge is 2.23. The summed E-state index contributed by atoms with van der Waals surface area (Å²) in [5, 5.41) is 18.8. The summed E-state index contributed by atoms with van der Waals surface area (Å²) in [5.74, 6) is -1.80. The van der Waals surface area contributed by atoms with Crippen LogP contribution < -0.4 is 0 Å². The molecule has 0 saturated heterocycles. The normalized spacial score (nSPS) is 12.9.